The molecule has 0 bridgehead atoms. The Bertz CT molecular complexity index is 2160. The maximum Gasteiger partial charge on any atom is 0.0795 e. The van der Waals surface area contributed by atoms with Crippen molar-refractivity contribution in [1.29, 1.82) is 0 Å². The van der Waals surface area contributed by atoms with Crippen molar-refractivity contribution >= 4 is 54.1 Å². The molecule has 2 heteroatoms. The van der Waals surface area contributed by atoms with E-state index >= 15 is 0 Å². The Hall–Kier alpha value is -5.08. The highest BCUT2D eigenvalue weighted by Gasteiger charge is 2.13. The lowest BCUT2D eigenvalue weighted by atomic mass is 9.92. The summed E-state index contributed by atoms with van der Waals surface area (Å²) in [4.78, 5) is 9.95. The van der Waals surface area contributed by atoms with Gasteiger partial charge in [0.2, 0.25) is 0 Å². The van der Waals surface area contributed by atoms with E-state index in [0.717, 1.165) is 43.8 Å². The fourth-order valence-corrected chi connectivity index (χ4v) is 5.92. The molecule has 0 radical (unpaired) electrons. The van der Waals surface area contributed by atoms with E-state index in [4.69, 9.17) is 9.97 Å². The maximum atomic E-state index is 5.24. The van der Waals surface area contributed by atoms with Gasteiger partial charge in [-0.1, -0.05) is 97.1 Å². The van der Waals surface area contributed by atoms with Crippen LogP contribution < -0.4 is 0 Å². The molecule has 0 spiro atoms. The van der Waals surface area contributed by atoms with Gasteiger partial charge in [0.1, 0.15) is 0 Å². The molecule has 0 saturated carbocycles. The summed E-state index contributed by atoms with van der Waals surface area (Å²) in [5.41, 5.74) is 6.55. The molecular formula is C36H22N2. The van der Waals surface area contributed by atoms with Crippen LogP contribution in [0.2, 0.25) is 0 Å². The quantitative estimate of drug-likeness (QED) is 0.229. The Morgan fingerprint density at radius 1 is 0.395 bits per heavy atom. The van der Waals surface area contributed by atoms with E-state index in [0.29, 0.717) is 0 Å². The van der Waals surface area contributed by atoms with E-state index in [1.165, 1.54) is 32.7 Å². The molecule has 2 heterocycles. The molecule has 8 aromatic rings. The Labute approximate surface area is 219 Å². The molecule has 0 saturated heterocycles. The van der Waals surface area contributed by atoms with Gasteiger partial charge in [-0.15, -0.1) is 0 Å². The molecule has 0 atom stereocenters. The maximum absolute atomic E-state index is 5.24. The van der Waals surface area contributed by atoms with E-state index in [9.17, 15) is 0 Å². The van der Waals surface area contributed by atoms with Crippen LogP contribution in [-0.2, 0) is 0 Å². The minimum absolute atomic E-state index is 0.970. The molecule has 8 rings (SSSR count). The molecule has 38 heavy (non-hydrogen) atoms. The first-order chi connectivity index (χ1) is 18.8. The van der Waals surface area contributed by atoms with Crippen molar-refractivity contribution in [3.05, 3.63) is 134 Å². The Morgan fingerprint density at radius 3 is 1.87 bits per heavy atom. The van der Waals surface area contributed by atoms with Crippen LogP contribution in [0.25, 0.3) is 76.5 Å². The van der Waals surface area contributed by atoms with Crippen molar-refractivity contribution in [3.8, 4) is 22.4 Å². The third-order valence-corrected chi connectivity index (χ3v) is 7.67. The second-order valence-corrected chi connectivity index (χ2v) is 9.81. The number of benzene rings is 6. The summed E-state index contributed by atoms with van der Waals surface area (Å²) in [6, 6.07) is 45.4. The van der Waals surface area contributed by atoms with Gasteiger partial charge in [-0.3, -0.25) is 4.98 Å². The summed E-state index contributed by atoms with van der Waals surface area (Å²) in [5.74, 6) is 0. The monoisotopic (exact) mass is 482 g/mol. The first-order valence-electron chi connectivity index (χ1n) is 12.9. The fourth-order valence-electron chi connectivity index (χ4n) is 5.92. The van der Waals surface area contributed by atoms with E-state index in [1.807, 2.05) is 12.3 Å². The molecule has 2 aromatic heterocycles. The summed E-state index contributed by atoms with van der Waals surface area (Å²) in [6.45, 7) is 0. The van der Waals surface area contributed by atoms with Crippen LogP contribution in [0.15, 0.2) is 134 Å². The Kier molecular flexibility index (Phi) is 4.55. The average Bonchev–Trinajstić information content (AvgIpc) is 3.00. The standard InChI is InChI=1S/C36H22N2/c1-2-12-26-24(9-1)22-33(28-14-4-3-13-27(26)28)23-10-7-11-25(21-23)34-19-18-32-30-17-8-20-37-35(30)29-15-5-6-16-31(29)36(32)38-34/h1-22H. The number of hydrogen-bond acceptors (Lipinski definition) is 2. The van der Waals surface area contributed by atoms with E-state index in [2.05, 4.69) is 121 Å². The van der Waals surface area contributed by atoms with Gasteiger partial charge in [-0.25, -0.2) is 4.98 Å². The summed E-state index contributed by atoms with van der Waals surface area (Å²) >= 11 is 0. The second kappa shape index (κ2) is 8.22. The summed E-state index contributed by atoms with van der Waals surface area (Å²) in [7, 11) is 0. The predicted molar refractivity (Wildman–Crippen MR) is 160 cm³/mol. The third kappa shape index (κ3) is 3.14. The van der Waals surface area contributed by atoms with Crippen molar-refractivity contribution in [2.24, 2.45) is 0 Å². The van der Waals surface area contributed by atoms with Gasteiger partial charge >= 0.3 is 0 Å². The number of nitrogens with zero attached hydrogens (tertiary/aromatic N) is 2. The molecule has 0 aliphatic heterocycles. The summed E-state index contributed by atoms with van der Waals surface area (Å²) in [5, 5.41) is 9.62. The van der Waals surface area contributed by atoms with Gasteiger partial charge < -0.3 is 0 Å². The lowest BCUT2D eigenvalue weighted by Crippen LogP contribution is -1.91. The van der Waals surface area contributed by atoms with Crippen LogP contribution in [0.5, 0.6) is 0 Å². The molecule has 176 valence electrons. The number of pyridine rings is 2. The van der Waals surface area contributed by atoms with Gasteiger partial charge in [0.15, 0.2) is 0 Å². The van der Waals surface area contributed by atoms with Crippen LogP contribution in [-0.4, -0.2) is 9.97 Å². The fraction of sp³-hybridized carbons (Fsp3) is 0. The zero-order valence-corrected chi connectivity index (χ0v) is 20.6. The zero-order valence-electron chi connectivity index (χ0n) is 20.6. The molecule has 0 aliphatic rings. The molecule has 0 aliphatic carbocycles. The highest BCUT2D eigenvalue weighted by molar-refractivity contribution is 6.23. The first kappa shape index (κ1) is 21.0. The van der Waals surface area contributed by atoms with Crippen LogP contribution in [0, 0.1) is 0 Å². The highest BCUT2D eigenvalue weighted by atomic mass is 14.7. The van der Waals surface area contributed by atoms with E-state index in [1.54, 1.807) is 0 Å². The highest BCUT2D eigenvalue weighted by Crippen LogP contribution is 2.37. The van der Waals surface area contributed by atoms with Crippen LogP contribution >= 0.6 is 0 Å². The SMILES string of the molecule is c1cc(-c2ccc3c4cccnc4c4ccccc4c3n2)cc(-c2cc3ccccc3c3ccccc23)c1. The average molecular weight is 483 g/mol. The van der Waals surface area contributed by atoms with Crippen molar-refractivity contribution in [3.63, 3.8) is 0 Å². The minimum atomic E-state index is 0.970. The molecule has 0 amide bonds. The zero-order chi connectivity index (χ0) is 25.1. The number of aromatic nitrogens is 2. The normalized spacial score (nSPS) is 11.7. The van der Waals surface area contributed by atoms with Gasteiger partial charge in [0.05, 0.1) is 16.7 Å². The topological polar surface area (TPSA) is 25.8 Å². The van der Waals surface area contributed by atoms with Crippen LogP contribution in [0.1, 0.15) is 0 Å². The van der Waals surface area contributed by atoms with Crippen molar-refractivity contribution in [1.82, 2.24) is 9.97 Å². The third-order valence-electron chi connectivity index (χ3n) is 7.67. The summed E-state index contributed by atoms with van der Waals surface area (Å²) in [6.07, 6.45) is 1.87. The summed E-state index contributed by atoms with van der Waals surface area (Å²) < 4.78 is 0. The Balaban J connectivity index is 1.36. The number of fused-ring (bicyclic) bond motifs is 9. The smallest absolute Gasteiger partial charge is 0.0795 e. The molecule has 0 unspecified atom stereocenters. The first-order valence-corrected chi connectivity index (χ1v) is 12.9. The molecule has 0 N–H and O–H groups in total. The van der Waals surface area contributed by atoms with Crippen LogP contribution in [0.3, 0.4) is 0 Å². The second-order valence-electron chi connectivity index (χ2n) is 9.81. The minimum Gasteiger partial charge on any atom is -0.256 e. The van der Waals surface area contributed by atoms with Gasteiger partial charge in [-0.2, -0.15) is 0 Å². The van der Waals surface area contributed by atoms with Crippen molar-refractivity contribution in [2.45, 2.75) is 0 Å². The number of rotatable bonds is 2. The number of hydrogen-bond donors (Lipinski definition) is 0. The van der Waals surface area contributed by atoms with Crippen LogP contribution in [0.4, 0.5) is 0 Å². The predicted octanol–water partition coefficient (Wildman–Crippen LogP) is 9.58. The van der Waals surface area contributed by atoms with Gasteiger partial charge in [0, 0.05) is 33.3 Å². The van der Waals surface area contributed by atoms with Gasteiger partial charge in [0.25, 0.3) is 0 Å². The lowest BCUT2D eigenvalue weighted by Gasteiger charge is -2.13. The molecule has 2 nitrogen and oxygen atoms in total. The van der Waals surface area contributed by atoms with E-state index < -0.39 is 0 Å². The lowest BCUT2D eigenvalue weighted by molar-refractivity contribution is 1.40. The van der Waals surface area contributed by atoms with Crippen molar-refractivity contribution in [2.75, 3.05) is 0 Å². The van der Waals surface area contributed by atoms with Crippen molar-refractivity contribution < 1.29 is 0 Å². The largest absolute Gasteiger partial charge is 0.256 e. The van der Waals surface area contributed by atoms with Gasteiger partial charge in [-0.05, 0) is 63.0 Å². The van der Waals surface area contributed by atoms with E-state index in [-0.39, 0.29) is 0 Å². The molecular weight excluding hydrogens is 460 g/mol. The molecule has 0 fully saturated rings. The molecule has 6 aromatic carbocycles. The Morgan fingerprint density at radius 2 is 1.03 bits per heavy atom.